The van der Waals surface area contributed by atoms with Gasteiger partial charge in [-0.1, -0.05) is 35.9 Å². The van der Waals surface area contributed by atoms with Crippen LogP contribution in [0.4, 0.5) is 5.69 Å². The van der Waals surface area contributed by atoms with Crippen LogP contribution in [-0.2, 0) is 16.6 Å². The van der Waals surface area contributed by atoms with Crippen LogP contribution in [0.3, 0.4) is 0 Å². The van der Waals surface area contributed by atoms with Gasteiger partial charge < -0.3 is 19.5 Å². The molecule has 2 aromatic carbocycles. The van der Waals surface area contributed by atoms with Gasteiger partial charge in [-0.25, -0.2) is 4.98 Å². The van der Waals surface area contributed by atoms with Crippen LogP contribution in [0.15, 0.2) is 60.9 Å². The number of halogens is 1. The second-order valence-electron chi connectivity index (χ2n) is 7.00. The van der Waals surface area contributed by atoms with Gasteiger partial charge in [0, 0.05) is 37.4 Å². The molecule has 7 nitrogen and oxygen atoms in total. The number of aryl methyl sites for hydroxylation is 1. The molecule has 1 atom stereocenters. The predicted octanol–water partition coefficient (Wildman–Crippen LogP) is 3.09. The Morgan fingerprint density at radius 3 is 2.73 bits per heavy atom. The third kappa shape index (κ3) is 4.16. The molecule has 0 aliphatic carbocycles. The first-order valence-electron chi connectivity index (χ1n) is 9.57. The number of imidazole rings is 1. The van der Waals surface area contributed by atoms with E-state index in [4.69, 9.17) is 16.3 Å². The largest absolute Gasteiger partial charge is 0.482 e. The molecular formula is C22H21ClN4O3. The molecule has 0 unspecified atom stereocenters. The highest BCUT2D eigenvalue weighted by atomic mass is 35.5. The van der Waals surface area contributed by atoms with Crippen molar-refractivity contribution in [2.45, 2.75) is 12.5 Å². The lowest BCUT2D eigenvalue weighted by Gasteiger charge is -2.29. The maximum atomic E-state index is 12.8. The molecule has 0 saturated heterocycles. The van der Waals surface area contributed by atoms with Crippen LogP contribution in [-0.4, -0.2) is 34.5 Å². The van der Waals surface area contributed by atoms with Crippen molar-refractivity contribution in [1.29, 1.82) is 0 Å². The molecule has 2 amide bonds. The lowest BCUT2D eigenvalue weighted by molar-refractivity contribution is -0.122. The zero-order chi connectivity index (χ0) is 21.1. The fourth-order valence-corrected chi connectivity index (χ4v) is 3.58. The van der Waals surface area contributed by atoms with Crippen LogP contribution >= 0.6 is 11.6 Å². The molecule has 1 aromatic heterocycles. The number of nitrogens with zero attached hydrogens (tertiary/aromatic N) is 3. The van der Waals surface area contributed by atoms with E-state index in [0.29, 0.717) is 22.3 Å². The maximum absolute atomic E-state index is 12.8. The van der Waals surface area contributed by atoms with Crippen molar-refractivity contribution in [3.05, 3.63) is 77.3 Å². The fraction of sp³-hybridized carbons (Fsp3) is 0.227. The molecule has 0 radical (unpaired) electrons. The minimum absolute atomic E-state index is 0.0285. The van der Waals surface area contributed by atoms with E-state index in [-0.39, 0.29) is 31.4 Å². The van der Waals surface area contributed by atoms with Gasteiger partial charge in [0.15, 0.2) is 6.61 Å². The number of rotatable bonds is 6. The first kappa shape index (κ1) is 20.0. The van der Waals surface area contributed by atoms with Crippen molar-refractivity contribution >= 4 is 29.1 Å². The number of ether oxygens (including phenoxy) is 1. The van der Waals surface area contributed by atoms with E-state index >= 15 is 0 Å². The lowest BCUT2D eigenvalue weighted by Crippen LogP contribution is -2.41. The summed E-state index contributed by atoms with van der Waals surface area (Å²) in [7, 11) is 1.88. The Hall–Kier alpha value is -3.32. The summed E-state index contributed by atoms with van der Waals surface area (Å²) in [5.41, 5.74) is 1.55. The number of carbonyl (C=O) groups is 2. The number of benzene rings is 2. The van der Waals surface area contributed by atoms with Gasteiger partial charge in [-0.2, -0.15) is 0 Å². The number of aromatic nitrogens is 2. The van der Waals surface area contributed by atoms with Gasteiger partial charge in [-0.05, 0) is 29.8 Å². The molecular weight excluding hydrogens is 404 g/mol. The average molecular weight is 425 g/mol. The van der Waals surface area contributed by atoms with Gasteiger partial charge in [-0.3, -0.25) is 9.59 Å². The Balaban J connectivity index is 1.49. The Bertz CT molecular complexity index is 1060. The van der Waals surface area contributed by atoms with Crippen molar-refractivity contribution in [1.82, 2.24) is 14.9 Å². The molecule has 0 fully saturated rings. The smallest absolute Gasteiger partial charge is 0.265 e. The fourth-order valence-electron chi connectivity index (χ4n) is 3.45. The van der Waals surface area contributed by atoms with Gasteiger partial charge in [0.2, 0.25) is 5.91 Å². The SMILES string of the molecule is Cn1ccnc1[C@H](NC(=O)CCN1C(=O)COc2ccccc21)c1ccc(Cl)cc1. The molecule has 1 aliphatic rings. The highest BCUT2D eigenvalue weighted by molar-refractivity contribution is 6.30. The Kier molecular flexibility index (Phi) is 5.72. The molecule has 154 valence electrons. The third-order valence-electron chi connectivity index (χ3n) is 5.00. The summed E-state index contributed by atoms with van der Waals surface area (Å²) in [6, 6.07) is 14.2. The van der Waals surface area contributed by atoms with Crippen molar-refractivity contribution in [2.24, 2.45) is 7.05 Å². The Morgan fingerprint density at radius 2 is 2.00 bits per heavy atom. The van der Waals surface area contributed by atoms with Gasteiger partial charge in [-0.15, -0.1) is 0 Å². The quantitative estimate of drug-likeness (QED) is 0.659. The maximum Gasteiger partial charge on any atom is 0.265 e. The van der Waals surface area contributed by atoms with Crippen molar-refractivity contribution in [2.75, 3.05) is 18.1 Å². The molecule has 4 rings (SSSR count). The molecule has 8 heteroatoms. The number of para-hydroxylation sites is 2. The third-order valence-corrected chi connectivity index (χ3v) is 5.25. The molecule has 30 heavy (non-hydrogen) atoms. The van der Waals surface area contributed by atoms with Crippen molar-refractivity contribution < 1.29 is 14.3 Å². The van der Waals surface area contributed by atoms with E-state index in [9.17, 15) is 9.59 Å². The van der Waals surface area contributed by atoms with Crippen LogP contribution in [0.2, 0.25) is 5.02 Å². The van der Waals surface area contributed by atoms with E-state index in [1.165, 1.54) is 0 Å². The topological polar surface area (TPSA) is 76.5 Å². The summed E-state index contributed by atoms with van der Waals surface area (Å²) < 4.78 is 7.32. The van der Waals surface area contributed by atoms with E-state index in [2.05, 4.69) is 10.3 Å². The number of nitrogens with one attached hydrogen (secondary N) is 1. The van der Waals surface area contributed by atoms with Gasteiger partial charge in [0.05, 0.1) is 5.69 Å². The summed E-state index contributed by atoms with van der Waals surface area (Å²) in [5.74, 6) is 0.998. The zero-order valence-electron chi connectivity index (χ0n) is 16.4. The van der Waals surface area contributed by atoms with Gasteiger partial charge >= 0.3 is 0 Å². The monoisotopic (exact) mass is 424 g/mol. The van der Waals surface area contributed by atoms with Crippen LogP contribution in [0.1, 0.15) is 23.9 Å². The van der Waals surface area contributed by atoms with E-state index < -0.39 is 6.04 Å². The highest BCUT2D eigenvalue weighted by Gasteiger charge is 2.26. The Morgan fingerprint density at radius 1 is 1.23 bits per heavy atom. The summed E-state index contributed by atoms with van der Waals surface area (Å²) in [6.45, 7) is 0.234. The summed E-state index contributed by atoms with van der Waals surface area (Å²) in [4.78, 5) is 31.1. The van der Waals surface area contributed by atoms with Crippen LogP contribution in [0, 0.1) is 0 Å². The van der Waals surface area contributed by atoms with E-state index in [0.717, 1.165) is 5.56 Å². The van der Waals surface area contributed by atoms with Gasteiger partial charge in [0.25, 0.3) is 5.91 Å². The molecule has 0 bridgehead atoms. The number of carbonyl (C=O) groups excluding carboxylic acids is 2. The number of hydrogen-bond acceptors (Lipinski definition) is 4. The zero-order valence-corrected chi connectivity index (χ0v) is 17.2. The normalized spacial score (nSPS) is 14.1. The van der Waals surface area contributed by atoms with Crippen molar-refractivity contribution in [3.63, 3.8) is 0 Å². The number of amides is 2. The predicted molar refractivity (Wildman–Crippen MR) is 114 cm³/mol. The number of fused-ring (bicyclic) bond motifs is 1. The summed E-state index contributed by atoms with van der Waals surface area (Å²) in [5, 5.41) is 3.66. The molecule has 2 heterocycles. The van der Waals surface area contributed by atoms with E-state index in [1.807, 2.05) is 54.2 Å². The first-order valence-corrected chi connectivity index (χ1v) is 9.95. The molecule has 1 aliphatic heterocycles. The minimum Gasteiger partial charge on any atom is -0.482 e. The van der Waals surface area contributed by atoms with Crippen molar-refractivity contribution in [3.8, 4) is 5.75 Å². The van der Waals surface area contributed by atoms with Crippen LogP contribution in [0.5, 0.6) is 5.75 Å². The standard InChI is InChI=1S/C22H21ClN4O3/c1-26-13-11-24-22(26)21(15-6-8-16(23)9-7-15)25-19(28)10-12-27-17-4-2-3-5-18(17)30-14-20(27)29/h2-9,11,13,21H,10,12,14H2,1H3,(H,25,28)/t21-/m1/s1. The lowest BCUT2D eigenvalue weighted by atomic mass is 10.1. The highest BCUT2D eigenvalue weighted by Crippen LogP contribution is 2.31. The summed E-state index contributed by atoms with van der Waals surface area (Å²) >= 11 is 6.01. The molecule has 0 spiro atoms. The molecule has 3 aromatic rings. The summed E-state index contributed by atoms with van der Waals surface area (Å²) in [6.07, 6.45) is 3.66. The average Bonchev–Trinajstić information content (AvgIpc) is 3.17. The second-order valence-corrected chi connectivity index (χ2v) is 7.44. The van der Waals surface area contributed by atoms with Crippen LogP contribution < -0.4 is 15.0 Å². The first-order chi connectivity index (χ1) is 14.5. The van der Waals surface area contributed by atoms with Gasteiger partial charge in [0.1, 0.15) is 17.6 Å². The molecule has 1 N–H and O–H groups in total. The number of hydrogen-bond donors (Lipinski definition) is 1. The van der Waals surface area contributed by atoms with Crippen LogP contribution in [0.25, 0.3) is 0 Å². The number of anilines is 1. The molecule has 0 saturated carbocycles. The second kappa shape index (κ2) is 8.59. The van der Waals surface area contributed by atoms with E-state index in [1.54, 1.807) is 23.2 Å². The Labute approximate surface area is 179 Å². The minimum atomic E-state index is -0.428.